The number of hydrogen-bond acceptors (Lipinski definition) is 5. The van der Waals surface area contributed by atoms with Crippen LogP contribution < -0.4 is 10.6 Å². The summed E-state index contributed by atoms with van der Waals surface area (Å²) in [6.07, 6.45) is 0.733. The lowest BCUT2D eigenvalue weighted by molar-refractivity contribution is 0.0602. The molecule has 5 nitrogen and oxygen atoms in total. The molecule has 0 radical (unpaired) electrons. The number of esters is 1. The van der Waals surface area contributed by atoms with Gasteiger partial charge in [-0.3, -0.25) is 0 Å². The number of benzene rings is 1. The van der Waals surface area contributed by atoms with Crippen molar-refractivity contribution in [3.63, 3.8) is 0 Å². The van der Waals surface area contributed by atoms with Crippen LogP contribution >= 0.6 is 23.6 Å². The van der Waals surface area contributed by atoms with Gasteiger partial charge in [0, 0.05) is 17.0 Å². The number of nitrogens with zero attached hydrogens (tertiary/aromatic N) is 1. The molecule has 0 spiro atoms. The third kappa shape index (κ3) is 5.12. The average molecular weight is 398 g/mol. The predicted octanol–water partition coefficient (Wildman–Crippen LogP) is 4.64. The van der Waals surface area contributed by atoms with E-state index in [0.717, 1.165) is 17.0 Å². The summed E-state index contributed by atoms with van der Waals surface area (Å²) < 4.78 is 4.91. The summed E-state index contributed by atoms with van der Waals surface area (Å²) in [5.41, 5.74) is 2.53. The van der Waals surface area contributed by atoms with Crippen LogP contribution in [0.3, 0.4) is 0 Å². The van der Waals surface area contributed by atoms with E-state index >= 15 is 0 Å². The highest BCUT2D eigenvalue weighted by atomic mass is 32.1. The zero-order chi connectivity index (χ0) is 19.2. The fourth-order valence-corrected chi connectivity index (χ4v) is 3.90. The zero-order valence-corrected chi connectivity index (χ0v) is 16.6. The molecule has 1 aromatic carbocycles. The van der Waals surface area contributed by atoms with Gasteiger partial charge in [-0.25, -0.2) is 9.78 Å². The van der Waals surface area contributed by atoms with Gasteiger partial charge in [0.25, 0.3) is 0 Å². The Bertz CT molecular complexity index is 955. The minimum absolute atomic E-state index is 0.367. The molecule has 27 heavy (non-hydrogen) atoms. The molecule has 0 fully saturated rings. The summed E-state index contributed by atoms with van der Waals surface area (Å²) in [5, 5.41) is 7.15. The highest BCUT2D eigenvalue weighted by Crippen LogP contribution is 2.30. The second-order valence-electron chi connectivity index (χ2n) is 5.85. The Morgan fingerprint density at radius 1 is 1.15 bits per heavy atom. The Balaban J connectivity index is 1.78. The van der Waals surface area contributed by atoms with Crippen molar-refractivity contribution in [2.24, 2.45) is 0 Å². The van der Waals surface area contributed by atoms with E-state index < -0.39 is 5.97 Å². The molecule has 3 aromatic rings. The molecular weight excluding hydrogens is 378 g/mol. The first-order valence-electron chi connectivity index (χ1n) is 8.32. The molecule has 0 saturated carbocycles. The van der Waals surface area contributed by atoms with E-state index in [1.165, 1.54) is 24.0 Å². The molecule has 0 aliphatic rings. The van der Waals surface area contributed by atoms with Gasteiger partial charge in [-0.15, -0.1) is 11.3 Å². The lowest BCUT2D eigenvalue weighted by atomic mass is 10.1. The van der Waals surface area contributed by atoms with Crippen molar-refractivity contribution in [3.8, 4) is 0 Å². The molecule has 0 unspecified atom stereocenters. The van der Waals surface area contributed by atoms with Gasteiger partial charge < -0.3 is 15.4 Å². The van der Waals surface area contributed by atoms with Crippen molar-refractivity contribution >= 4 is 45.5 Å². The van der Waals surface area contributed by atoms with Crippen molar-refractivity contribution in [3.05, 3.63) is 76.3 Å². The third-order valence-electron chi connectivity index (χ3n) is 3.77. The van der Waals surface area contributed by atoms with Gasteiger partial charge in [0.1, 0.15) is 10.8 Å². The Morgan fingerprint density at radius 2 is 1.93 bits per heavy atom. The number of rotatable bonds is 5. The van der Waals surface area contributed by atoms with Crippen LogP contribution in [0.2, 0.25) is 0 Å². The van der Waals surface area contributed by atoms with Gasteiger partial charge in [-0.2, -0.15) is 0 Å². The molecule has 2 aromatic heterocycles. The number of ether oxygens (including phenoxy) is 1. The van der Waals surface area contributed by atoms with Crippen LogP contribution in [0.5, 0.6) is 0 Å². The number of methoxy groups -OCH3 is 1. The lowest BCUT2D eigenvalue weighted by Crippen LogP contribution is -2.20. The number of hydrogen-bond donors (Lipinski definition) is 2. The first kappa shape index (κ1) is 19.0. The van der Waals surface area contributed by atoms with Crippen molar-refractivity contribution in [2.45, 2.75) is 13.3 Å². The molecular formula is C20H19N3O2S2. The lowest BCUT2D eigenvalue weighted by Gasteiger charge is -2.10. The molecule has 3 rings (SSSR count). The van der Waals surface area contributed by atoms with Gasteiger partial charge in [0.05, 0.1) is 12.7 Å². The van der Waals surface area contributed by atoms with E-state index in [0.29, 0.717) is 21.5 Å². The van der Waals surface area contributed by atoms with Crippen LogP contribution in [0.4, 0.5) is 10.8 Å². The standard InChI is InChI=1S/C20H19N3O2S2/c1-13-7-6-10-17(21-13)22-20(26)23-18-16(19(24)25-2)12-15(27-18)11-14-8-4-3-5-9-14/h3-10,12H,11H2,1-2H3,(H2,21,22,23,26). The molecule has 0 bridgehead atoms. The highest BCUT2D eigenvalue weighted by Gasteiger charge is 2.18. The normalized spacial score (nSPS) is 10.3. The van der Waals surface area contributed by atoms with Crippen molar-refractivity contribution in [2.75, 3.05) is 17.7 Å². The number of pyridine rings is 1. The van der Waals surface area contributed by atoms with E-state index in [2.05, 4.69) is 27.8 Å². The molecule has 0 saturated heterocycles. The summed E-state index contributed by atoms with van der Waals surface area (Å²) in [5.74, 6) is 0.248. The fourth-order valence-electron chi connectivity index (χ4n) is 2.54. The van der Waals surface area contributed by atoms with Crippen LogP contribution in [-0.4, -0.2) is 23.2 Å². The summed E-state index contributed by atoms with van der Waals surface area (Å²) >= 11 is 6.86. The maximum atomic E-state index is 12.2. The maximum Gasteiger partial charge on any atom is 0.340 e. The van der Waals surface area contributed by atoms with Gasteiger partial charge in [0.15, 0.2) is 5.11 Å². The minimum Gasteiger partial charge on any atom is -0.465 e. The first-order valence-corrected chi connectivity index (χ1v) is 9.54. The predicted molar refractivity (Wildman–Crippen MR) is 114 cm³/mol. The Kier molecular flexibility index (Phi) is 6.16. The fraction of sp³-hybridized carbons (Fsp3) is 0.150. The van der Waals surface area contributed by atoms with Crippen LogP contribution in [0.15, 0.2) is 54.6 Å². The van der Waals surface area contributed by atoms with E-state index in [-0.39, 0.29) is 0 Å². The second-order valence-corrected chi connectivity index (χ2v) is 7.40. The number of aromatic nitrogens is 1. The number of nitrogens with one attached hydrogen (secondary N) is 2. The maximum absolute atomic E-state index is 12.2. The Morgan fingerprint density at radius 3 is 2.63 bits per heavy atom. The number of anilines is 2. The smallest absolute Gasteiger partial charge is 0.340 e. The van der Waals surface area contributed by atoms with Crippen LogP contribution in [0.25, 0.3) is 0 Å². The van der Waals surface area contributed by atoms with E-state index in [1.54, 1.807) is 0 Å². The molecule has 2 N–H and O–H groups in total. The summed E-state index contributed by atoms with van der Waals surface area (Å²) in [6.45, 7) is 1.91. The quantitative estimate of drug-likeness (QED) is 0.483. The summed E-state index contributed by atoms with van der Waals surface area (Å²) in [6, 6.07) is 17.6. The molecule has 2 heterocycles. The van der Waals surface area contributed by atoms with Crippen LogP contribution in [-0.2, 0) is 11.2 Å². The van der Waals surface area contributed by atoms with Crippen LogP contribution in [0, 0.1) is 6.92 Å². The number of carbonyl (C=O) groups excluding carboxylic acids is 1. The SMILES string of the molecule is COC(=O)c1cc(Cc2ccccc2)sc1NC(=S)Nc1cccc(C)n1. The van der Waals surface area contributed by atoms with Gasteiger partial charge in [-0.1, -0.05) is 36.4 Å². The molecule has 0 amide bonds. The highest BCUT2D eigenvalue weighted by molar-refractivity contribution is 7.80. The largest absolute Gasteiger partial charge is 0.465 e. The Labute approximate surface area is 167 Å². The topological polar surface area (TPSA) is 63.2 Å². The number of thiocarbonyl (C=S) groups is 1. The molecule has 0 aliphatic carbocycles. The van der Waals surface area contributed by atoms with E-state index in [9.17, 15) is 4.79 Å². The monoisotopic (exact) mass is 397 g/mol. The zero-order valence-electron chi connectivity index (χ0n) is 15.0. The number of aryl methyl sites for hydroxylation is 1. The third-order valence-corrected chi connectivity index (χ3v) is 5.02. The van der Waals surface area contributed by atoms with E-state index in [4.69, 9.17) is 17.0 Å². The number of thiophene rings is 1. The second kappa shape index (κ2) is 8.75. The molecule has 138 valence electrons. The Hall–Kier alpha value is -2.77. The number of carbonyl (C=O) groups is 1. The minimum atomic E-state index is -0.399. The molecule has 0 aliphatic heterocycles. The molecule has 0 atom stereocenters. The van der Waals surface area contributed by atoms with Crippen molar-refractivity contribution < 1.29 is 9.53 Å². The van der Waals surface area contributed by atoms with Gasteiger partial charge in [-0.05, 0) is 42.9 Å². The van der Waals surface area contributed by atoms with Gasteiger partial charge >= 0.3 is 5.97 Å². The first-order chi connectivity index (χ1) is 13.0. The van der Waals surface area contributed by atoms with Crippen molar-refractivity contribution in [1.82, 2.24) is 4.98 Å². The van der Waals surface area contributed by atoms with Crippen molar-refractivity contribution in [1.29, 1.82) is 0 Å². The van der Waals surface area contributed by atoms with E-state index in [1.807, 2.05) is 49.4 Å². The van der Waals surface area contributed by atoms with Gasteiger partial charge in [0.2, 0.25) is 0 Å². The summed E-state index contributed by atoms with van der Waals surface area (Å²) in [7, 11) is 1.37. The van der Waals surface area contributed by atoms with Crippen LogP contribution in [0.1, 0.15) is 26.5 Å². The average Bonchev–Trinajstić information content (AvgIpc) is 3.04. The summed E-state index contributed by atoms with van der Waals surface area (Å²) in [4.78, 5) is 17.6. The molecule has 7 heteroatoms.